The molecule has 5 atom stereocenters. The summed E-state index contributed by atoms with van der Waals surface area (Å²) in [4.78, 5) is 64.8. The zero-order valence-corrected chi connectivity index (χ0v) is 21.6. The highest BCUT2D eigenvalue weighted by Crippen LogP contribution is 2.43. The van der Waals surface area contributed by atoms with Gasteiger partial charge in [-0.25, -0.2) is 32.0 Å². The van der Waals surface area contributed by atoms with Crippen molar-refractivity contribution >= 4 is 50.7 Å². The molecule has 6 amide bonds. The molecule has 1 aromatic rings. The van der Waals surface area contributed by atoms with E-state index in [4.69, 9.17) is 0 Å². The van der Waals surface area contributed by atoms with Gasteiger partial charge in [-0.1, -0.05) is 30.3 Å². The minimum absolute atomic E-state index is 0.232. The lowest BCUT2D eigenvalue weighted by Gasteiger charge is -2.43. The van der Waals surface area contributed by atoms with Gasteiger partial charge in [0.1, 0.15) is 23.5 Å². The summed E-state index contributed by atoms with van der Waals surface area (Å²) in [5.41, 5.74) is 0.292. The van der Waals surface area contributed by atoms with Gasteiger partial charge in [-0.15, -0.1) is 0 Å². The van der Waals surface area contributed by atoms with Gasteiger partial charge in [-0.2, -0.15) is 0 Å². The van der Waals surface area contributed by atoms with Crippen LogP contribution >= 0.6 is 0 Å². The van der Waals surface area contributed by atoms with Crippen LogP contribution in [0.2, 0.25) is 0 Å². The van der Waals surface area contributed by atoms with E-state index < -0.39 is 78.9 Å². The molecule has 0 bridgehead atoms. The molecule has 3 heterocycles. The van der Waals surface area contributed by atoms with Crippen LogP contribution in [0, 0.1) is 0 Å². The van der Waals surface area contributed by atoms with Gasteiger partial charge in [0.15, 0.2) is 0 Å². The molecule has 0 aliphatic carbocycles. The normalized spacial score (nSPS) is 27.4. The zero-order chi connectivity index (χ0) is 27.4. The predicted molar refractivity (Wildman–Crippen MR) is 128 cm³/mol. The van der Waals surface area contributed by atoms with Crippen molar-refractivity contribution in [2.45, 2.75) is 42.1 Å². The van der Waals surface area contributed by atoms with Crippen molar-refractivity contribution in [3.8, 4) is 0 Å². The number of β-lactam (4-membered cyclic amide) rings is 1. The second-order valence-electron chi connectivity index (χ2n) is 9.33. The quantitative estimate of drug-likeness (QED) is 0.361. The molecular formula is C21H25N5O9S2. The Kier molecular flexibility index (Phi) is 6.52. The number of urea groups is 2. The van der Waals surface area contributed by atoms with Crippen LogP contribution in [0.3, 0.4) is 0 Å². The van der Waals surface area contributed by atoms with Gasteiger partial charge < -0.3 is 20.6 Å². The minimum atomic E-state index is -3.90. The largest absolute Gasteiger partial charge is 0.480 e. The number of amides is 6. The van der Waals surface area contributed by atoms with Gasteiger partial charge in [0, 0.05) is 0 Å². The number of carbonyl (C=O) groups is 5. The van der Waals surface area contributed by atoms with Gasteiger partial charge in [0.25, 0.3) is 0 Å². The maximum absolute atomic E-state index is 13.3. The van der Waals surface area contributed by atoms with Crippen LogP contribution in [-0.2, 0) is 35.2 Å². The van der Waals surface area contributed by atoms with E-state index in [2.05, 4.69) is 10.6 Å². The Hall–Kier alpha value is -3.53. The van der Waals surface area contributed by atoms with E-state index in [-0.39, 0.29) is 13.1 Å². The molecule has 4 rings (SSSR count). The van der Waals surface area contributed by atoms with Crippen molar-refractivity contribution in [3.63, 3.8) is 0 Å². The fourth-order valence-electron chi connectivity index (χ4n) is 4.69. The molecule has 200 valence electrons. The lowest BCUT2D eigenvalue weighted by molar-refractivity contribution is -0.161. The molecule has 3 saturated heterocycles. The Bertz CT molecular complexity index is 1320. The monoisotopic (exact) mass is 555 g/mol. The Labute approximate surface area is 214 Å². The van der Waals surface area contributed by atoms with Gasteiger partial charge in [-0.3, -0.25) is 13.8 Å². The summed E-state index contributed by atoms with van der Waals surface area (Å²) in [6.07, 6.45) is 0.828. The zero-order valence-electron chi connectivity index (χ0n) is 20.0. The third-order valence-electron chi connectivity index (χ3n) is 6.57. The number of aliphatic carboxylic acids is 1. The number of sulfonamides is 1. The van der Waals surface area contributed by atoms with Crippen LogP contribution in [0.15, 0.2) is 30.3 Å². The second-order valence-corrected chi connectivity index (χ2v) is 13.4. The first-order valence-corrected chi connectivity index (χ1v) is 14.1. The average molecular weight is 556 g/mol. The number of imide groups is 1. The lowest BCUT2D eigenvalue weighted by Crippen LogP contribution is -2.72. The first kappa shape index (κ1) is 26.5. The molecule has 3 fully saturated rings. The molecule has 0 aromatic heterocycles. The van der Waals surface area contributed by atoms with Gasteiger partial charge in [-0.05, 0) is 19.4 Å². The van der Waals surface area contributed by atoms with Gasteiger partial charge >= 0.3 is 18.0 Å². The second kappa shape index (κ2) is 9.09. The first-order valence-electron chi connectivity index (χ1n) is 11.1. The Balaban J connectivity index is 1.55. The van der Waals surface area contributed by atoms with Crippen molar-refractivity contribution in [3.05, 3.63) is 35.9 Å². The summed E-state index contributed by atoms with van der Waals surface area (Å²) >= 11 is 0. The fraction of sp³-hybridized carbons (Fsp3) is 0.476. The number of benzene rings is 1. The molecule has 0 radical (unpaired) electrons. The highest BCUT2D eigenvalue weighted by molar-refractivity contribution is 7.89. The van der Waals surface area contributed by atoms with E-state index in [9.17, 15) is 41.7 Å². The molecule has 1 aromatic carbocycles. The standard InChI is InChI=1S/C21H25N5O9S2/c1-21(2)14(18(29)30)26-16(28)13(17(26)36(21)33)22-15(27)12(11-7-5-4-6-8-11)23-19(31)24-9-10-25(20(24)32)37(3,34)35/h4-8,12-14,17H,9-10H2,1-3H3,(H,22,27)(H,23,31)(H,29,30)/t12?,13-,14+,17-,36?/m1/s1. The number of nitrogens with one attached hydrogen (secondary N) is 2. The molecule has 2 unspecified atom stereocenters. The highest BCUT2D eigenvalue weighted by Gasteiger charge is 2.68. The number of carboxylic acid groups (broad SMARTS) is 1. The van der Waals surface area contributed by atoms with Crippen LogP contribution in [0.4, 0.5) is 9.59 Å². The van der Waals surface area contributed by atoms with E-state index in [1.54, 1.807) is 18.2 Å². The molecule has 0 spiro atoms. The average Bonchev–Trinajstić information content (AvgIpc) is 3.30. The topological polar surface area (TPSA) is 191 Å². The van der Waals surface area contributed by atoms with Crippen LogP contribution in [0.25, 0.3) is 0 Å². The van der Waals surface area contributed by atoms with E-state index in [0.29, 0.717) is 14.8 Å². The molecular weight excluding hydrogens is 530 g/mol. The van der Waals surface area contributed by atoms with Crippen molar-refractivity contribution in [2.75, 3.05) is 19.3 Å². The summed E-state index contributed by atoms with van der Waals surface area (Å²) in [5, 5.41) is 13.4. The molecule has 3 N–H and O–H groups in total. The summed E-state index contributed by atoms with van der Waals surface area (Å²) in [6.45, 7) is 2.45. The van der Waals surface area contributed by atoms with Crippen LogP contribution in [0.5, 0.6) is 0 Å². The van der Waals surface area contributed by atoms with Crippen molar-refractivity contribution in [1.82, 2.24) is 24.7 Å². The van der Waals surface area contributed by atoms with Crippen LogP contribution < -0.4 is 10.6 Å². The first-order chi connectivity index (χ1) is 17.2. The van der Waals surface area contributed by atoms with E-state index >= 15 is 0 Å². The Morgan fingerprint density at radius 3 is 2.30 bits per heavy atom. The molecule has 3 aliphatic rings. The number of nitrogens with zero attached hydrogens (tertiary/aromatic N) is 3. The number of fused-ring (bicyclic) bond motifs is 1. The van der Waals surface area contributed by atoms with Gasteiger partial charge in [0.2, 0.25) is 21.8 Å². The summed E-state index contributed by atoms with van der Waals surface area (Å²) in [7, 11) is -5.72. The number of hydrogen-bond acceptors (Lipinski definition) is 8. The Morgan fingerprint density at radius 1 is 1.14 bits per heavy atom. The number of rotatable bonds is 6. The summed E-state index contributed by atoms with van der Waals surface area (Å²) in [6, 6.07) is 1.77. The molecule has 3 aliphatic heterocycles. The molecule has 37 heavy (non-hydrogen) atoms. The van der Waals surface area contributed by atoms with E-state index in [1.165, 1.54) is 26.0 Å². The predicted octanol–water partition coefficient (Wildman–Crippen LogP) is -1.22. The SMILES string of the molecule is CC1(C)[C@H](C(=O)O)N2C(=O)[C@@H](NC(=O)C(NC(=O)N3CCN(S(C)(=O)=O)C3=O)c3ccccc3)[C@H]2S1=O. The van der Waals surface area contributed by atoms with Crippen LogP contribution in [0.1, 0.15) is 25.5 Å². The van der Waals surface area contributed by atoms with Crippen molar-refractivity contribution < 1.29 is 41.7 Å². The summed E-state index contributed by atoms with van der Waals surface area (Å²) in [5.74, 6) is -2.90. The van der Waals surface area contributed by atoms with Crippen molar-refractivity contribution in [1.29, 1.82) is 0 Å². The van der Waals surface area contributed by atoms with Gasteiger partial charge in [0.05, 0.1) is 34.9 Å². The number of carboxylic acids is 1. The number of hydrogen-bond donors (Lipinski definition) is 3. The maximum Gasteiger partial charge on any atom is 0.341 e. The molecule has 16 heteroatoms. The molecule has 14 nitrogen and oxygen atoms in total. The van der Waals surface area contributed by atoms with E-state index in [1.807, 2.05) is 0 Å². The van der Waals surface area contributed by atoms with E-state index in [0.717, 1.165) is 11.2 Å². The third-order valence-corrected chi connectivity index (χ3v) is 9.90. The minimum Gasteiger partial charge on any atom is -0.480 e. The fourth-order valence-corrected chi connectivity index (χ4v) is 7.41. The summed E-state index contributed by atoms with van der Waals surface area (Å²) < 4.78 is 35.8. The highest BCUT2D eigenvalue weighted by atomic mass is 32.2. The third kappa shape index (κ3) is 4.33. The van der Waals surface area contributed by atoms with Crippen molar-refractivity contribution in [2.24, 2.45) is 0 Å². The molecule has 0 saturated carbocycles. The smallest absolute Gasteiger partial charge is 0.341 e. The van der Waals surface area contributed by atoms with Crippen LogP contribution in [-0.4, -0.2) is 103 Å². The maximum atomic E-state index is 13.3. The Morgan fingerprint density at radius 2 is 1.76 bits per heavy atom. The lowest BCUT2D eigenvalue weighted by atomic mass is 9.95. The number of carbonyl (C=O) groups excluding carboxylic acids is 4.